The molecule has 0 amide bonds. The second kappa shape index (κ2) is 5.40. The fourth-order valence-electron chi connectivity index (χ4n) is 1.78. The number of aryl methyl sites for hydroxylation is 1. The van der Waals surface area contributed by atoms with Crippen molar-refractivity contribution in [2.24, 2.45) is 0 Å². The highest BCUT2D eigenvalue weighted by Gasteiger charge is 2.33. The Morgan fingerprint density at radius 2 is 2.15 bits per heavy atom. The molecule has 0 fully saturated rings. The number of aromatic nitrogens is 4. The number of imidazole rings is 1. The smallest absolute Gasteiger partial charge is 0.317 e. The van der Waals surface area contributed by atoms with E-state index >= 15 is 0 Å². The lowest BCUT2D eigenvalue weighted by Gasteiger charge is -2.22. The number of hydrogen-bond acceptors (Lipinski definition) is 5. The van der Waals surface area contributed by atoms with Crippen LogP contribution >= 0.6 is 0 Å². The maximum Gasteiger partial charge on any atom is 0.317 e. The highest BCUT2D eigenvalue weighted by Crippen LogP contribution is 2.24. The molecule has 106 valence electrons. The van der Waals surface area contributed by atoms with Gasteiger partial charge in [0.15, 0.2) is 0 Å². The Bertz CT molecular complexity index is 606. The first-order chi connectivity index (χ1) is 9.45. The molecule has 20 heavy (non-hydrogen) atoms. The van der Waals surface area contributed by atoms with Crippen molar-refractivity contribution in [2.75, 3.05) is 6.61 Å². The molecule has 6 heteroatoms. The Morgan fingerprint density at radius 3 is 2.75 bits per heavy atom. The SMILES string of the molecule is CCOC(=O)C(C)(C)c1cc(C)nc(-n2ccnc2)n1. The van der Waals surface area contributed by atoms with Gasteiger partial charge in [0.2, 0.25) is 5.95 Å². The number of carbonyl (C=O) groups excluding carboxylic acids is 1. The van der Waals surface area contributed by atoms with Gasteiger partial charge in [-0.2, -0.15) is 0 Å². The lowest BCUT2D eigenvalue weighted by Crippen LogP contribution is -2.32. The standard InChI is InChI=1S/C14H18N4O2/c1-5-20-12(19)14(3,4)11-8-10(2)16-13(17-11)18-7-6-15-9-18/h6-9H,5H2,1-4H3. The van der Waals surface area contributed by atoms with E-state index < -0.39 is 5.41 Å². The lowest BCUT2D eigenvalue weighted by molar-refractivity contribution is -0.148. The maximum atomic E-state index is 12.1. The maximum absolute atomic E-state index is 12.1. The number of ether oxygens (including phenoxy) is 1. The fourth-order valence-corrected chi connectivity index (χ4v) is 1.78. The van der Waals surface area contributed by atoms with Crippen LogP contribution in [0.15, 0.2) is 24.8 Å². The number of esters is 1. The minimum Gasteiger partial charge on any atom is -0.465 e. The zero-order chi connectivity index (χ0) is 14.8. The first-order valence-corrected chi connectivity index (χ1v) is 6.47. The molecule has 0 unspecified atom stereocenters. The van der Waals surface area contributed by atoms with E-state index in [4.69, 9.17) is 4.74 Å². The van der Waals surface area contributed by atoms with Gasteiger partial charge in [0, 0.05) is 18.1 Å². The molecule has 0 N–H and O–H groups in total. The average Bonchev–Trinajstić information content (AvgIpc) is 2.92. The molecule has 0 saturated carbocycles. The van der Waals surface area contributed by atoms with E-state index in [9.17, 15) is 4.79 Å². The highest BCUT2D eigenvalue weighted by molar-refractivity contribution is 5.81. The summed E-state index contributed by atoms with van der Waals surface area (Å²) in [7, 11) is 0. The van der Waals surface area contributed by atoms with Crippen LogP contribution in [0.1, 0.15) is 32.2 Å². The van der Waals surface area contributed by atoms with E-state index in [0.717, 1.165) is 5.69 Å². The molecule has 0 radical (unpaired) electrons. The molecule has 0 aliphatic heterocycles. The summed E-state index contributed by atoms with van der Waals surface area (Å²) in [4.78, 5) is 24.9. The van der Waals surface area contributed by atoms with Crippen LogP contribution in [-0.4, -0.2) is 32.1 Å². The van der Waals surface area contributed by atoms with Crippen molar-refractivity contribution >= 4 is 5.97 Å². The van der Waals surface area contributed by atoms with Gasteiger partial charge in [-0.25, -0.2) is 15.0 Å². The van der Waals surface area contributed by atoms with Crippen LogP contribution in [0.3, 0.4) is 0 Å². The molecule has 0 saturated heterocycles. The Kier molecular flexibility index (Phi) is 3.83. The molecule has 0 bridgehead atoms. The van der Waals surface area contributed by atoms with Gasteiger partial charge in [-0.3, -0.25) is 9.36 Å². The largest absolute Gasteiger partial charge is 0.465 e. The normalized spacial score (nSPS) is 11.4. The molecule has 0 spiro atoms. The van der Waals surface area contributed by atoms with Crippen molar-refractivity contribution in [3.8, 4) is 5.95 Å². The first-order valence-electron chi connectivity index (χ1n) is 6.47. The van der Waals surface area contributed by atoms with Crippen molar-refractivity contribution in [3.63, 3.8) is 0 Å². The van der Waals surface area contributed by atoms with Gasteiger partial charge < -0.3 is 4.74 Å². The first kappa shape index (κ1) is 14.2. The molecule has 0 aromatic carbocycles. The predicted octanol–water partition coefficient (Wildman–Crippen LogP) is 1.81. The molecule has 0 aliphatic rings. The summed E-state index contributed by atoms with van der Waals surface area (Å²) in [6, 6.07) is 1.80. The van der Waals surface area contributed by atoms with E-state index in [1.54, 1.807) is 50.1 Å². The fraction of sp³-hybridized carbons (Fsp3) is 0.429. The van der Waals surface area contributed by atoms with Crippen LogP contribution in [0, 0.1) is 6.92 Å². The molecule has 2 rings (SSSR count). The topological polar surface area (TPSA) is 69.9 Å². The second-order valence-electron chi connectivity index (χ2n) is 5.01. The van der Waals surface area contributed by atoms with Crippen molar-refractivity contribution in [2.45, 2.75) is 33.1 Å². The van der Waals surface area contributed by atoms with Crippen molar-refractivity contribution < 1.29 is 9.53 Å². The van der Waals surface area contributed by atoms with E-state index in [0.29, 0.717) is 18.2 Å². The number of rotatable bonds is 4. The van der Waals surface area contributed by atoms with Crippen molar-refractivity contribution in [3.05, 3.63) is 36.2 Å². The van der Waals surface area contributed by atoms with E-state index in [1.807, 2.05) is 6.92 Å². The summed E-state index contributed by atoms with van der Waals surface area (Å²) in [5, 5.41) is 0. The summed E-state index contributed by atoms with van der Waals surface area (Å²) < 4.78 is 6.82. The quantitative estimate of drug-likeness (QED) is 0.795. The van der Waals surface area contributed by atoms with Crippen LogP contribution in [-0.2, 0) is 14.9 Å². The van der Waals surface area contributed by atoms with Crippen LogP contribution < -0.4 is 0 Å². The monoisotopic (exact) mass is 274 g/mol. The molecule has 0 aliphatic carbocycles. The highest BCUT2D eigenvalue weighted by atomic mass is 16.5. The molecule has 6 nitrogen and oxygen atoms in total. The Morgan fingerprint density at radius 1 is 1.40 bits per heavy atom. The molecule has 0 atom stereocenters. The zero-order valence-electron chi connectivity index (χ0n) is 12.1. The number of nitrogens with zero attached hydrogens (tertiary/aromatic N) is 4. The van der Waals surface area contributed by atoms with Gasteiger partial charge in [-0.15, -0.1) is 0 Å². The summed E-state index contributed by atoms with van der Waals surface area (Å²) in [6.07, 6.45) is 5.04. The van der Waals surface area contributed by atoms with Gasteiger partial charge in [-0.1, -0.05) is 0 Å². The van der Waals surface area contributed by atoms with Gasteiger partial charge in [0.1, 0.15) is 11.7 Å². The van der Waals surface area contributed by atoms with Crippen molar-refractivity contribution in [1.29, 1.82) is 0 Å². The third kappa shape index (κ3) is 2.68. The third-order valence-corrected chi connectivity index (χ3v) is 3.00. The van der Waals surface area contributed by atoms with Crippen molar-refractivity contribution in [1.82, 2.24) is 19.5 Å². The molecule has 2 heterocycles. The number of carbonyl (C=O) groups is 1. The average molecular weight is 274 g/mol. The summed E-state index contributed by atoms with van der Waals surface area (Å²) in [5.41, 5.74) is 0.599. The Labute approximate surface area is 117 Å². The van der Waals surface area contributed by atoms with Crippen LogP contribution in [0.25, 0.3) is 5.95 Å². The van der Waals surface area contributed by atoms with Crippen LogP contribution in [0.5, 0.6) is 0 Å². The van der Waals surface area contributed by atoms with Gasteiger partial charge in [0.05, 0.1) is 12.3 Å². The molecule has 2 aromatic heterocycles. The molecular formula is C14H18N4O2. The Hall–Kier alpha value is -2.24. The Balaban J connectivity index is 2.45. The second-order valence-corrected chi connectivity index (χ2v) is 5.01. The van der Waals surface area contributed by atoms with E-state index in [2.05, 4.69) is 15.0 Å². The molecule has 2 aromatic rings. The van der Waals surface area contributed by atoms with E-state index in [1.165, 1.54) is 0 Å². The minimum absolute atomic E-state index is 0.297. The summed E-state index contributed by atoms with van der Waals surface area (Å²) in [6.45, 7) is 7.60. The minimum atomic E-state index is -0.820. The number of hydrogen-bond donors (Lipinski definition) is 0. The van der Waals surface area contributed by atoms with E-state index in [-0.39, 0.29) is 5.97 Å². The summed E-state index contributed by atoms with van der Waals surface area (Å²) in [5.74, 6) is 0.199. The predicted molar refractivity (Wildman–Crippen MR) is 73.6 cm³/mol. The molecular weight excluding hydrogens is 256 g/mol. The lowest BCUT2D eigenvalue weighted by atomic mass is 9.89. The van der Waals surface area contributed by atoms with Gasteiger partial charge in [0.25, 0.3) is 0 Å². The zero-order valence-corrected chi connectivity index (χ0v) is 12.1. The van der Waals surface area contributed by atoms with Gasteiger partial charge >= 0.3 is 5.97 Å². The summed E-state index contributed by atoms with van der Waals surface area (Å²) >= 11 is 0. The van der Waals surface area contributed by atoms with Crippen LogP contribution in [0.2, 0.25) is 0 Å². The third-order valence-electron chi connectivity index (χ3n) is 3.00. The van der Waals surface area contributed by atoms with Crippen LogP contribution in [0.4, 0.5) is 0 Å². The van der Waals surface area contributed by atoms with Gasteiger partial charge in [-0.05, 0) is 33.8 Å².